The van der Waals surface area contributed by atoms with Crippen molar-refractivity contribution in [2.24, 2.45) is 0 Å². The predicted molar refractivity (Wildman–Crippen MR) is 65.9 cm³/mol. The molecular formula is C12H15N3O2. The minimum Gasteiger partial charge on any atom is -0.389 e. The number of ether oxygens (including phenoxy) is 1. The van der Waals surface area contributed by atoms with Crippen LogP contribution < -0.4 is 5.32 Å². The second-order valence-electron chi connectivity index (χ2n) is 3.77. The second-order valence-corrected chi connectivity index (χ2v) is 3.77. The highest BCUT2D eigenvalue weighted by Crippen LogP contribution is 2.19. The van der Waals surface area contributed by atoms with Gasteiger partial charge in [0.2, 0.25) is 0 Å². The Labute approximate surface area is 99.4 Å². The molecule has 2 rings (SSSR count). The summed E-state index contributed by atoms with van der Waals surface area (Å²) in [5, 5.41) is 21.6. The van der Waals surface area contributed by atoms with Crippen LogP contribution in [-0.2, 0) is 4.74 Å². The summed E-state index contributed by atoms with van der Waals surface area (Å²) in [5.41, 5.74) is 1.70. The molecule has 17 heavy (non-hydrogen) atoms. The molecule has 0 radical (unpaired) electrons. The number of nitrogens with one attached hydrogen (secondary N) is 1. The average Bonchev–Trinajstić information content (AvgIpc) is 2.36. The maximum Gasteiger partial charge on any atom is 0.0950 e. The molecule has 2 N–H and O–H groups in total. The highest BCUT2D eigenvalue weighted by atomic mass is 16.5. The van der Waals surface area contributed by atoms with Crippen LogP contribution in [0.1, 0.15) is 0 Å². The standard InChI is InChI=1S/C12H15N3O2/c1-17-8-9(16)6-13-12-7-14-15-11-5-3-2-4-10(11)12/h2-5,7,9,16H,6,8H2,1H3,(H,13,15). The van der Waals surface area contributed by atoms with Crippen molar-refractivity contribution in [2.45, 2.75) is 6.10 Å². The van der Waals surface area contributed by atoms with E-state index in [0.29, 0.717) is 13.2 Å². The number of aliphatic hydroxyl groups is 1. The largest absolute Gasteiger partial charge is 0.389 e. The van der Waals surface area contributed by atoms with Gasteiger partial charge in [0.25, 0.3) is 0 Å². The molecule has 0 aliphatic heterocycles. The molecule has 1 aromatic carbocycles. The smallest absolute Gasteiger partial charge is 0.0950 e. The van der Waals surface area contributed by atoms with E-state index in [2.05, 4.69) is 15.5 Å². The van der Waals surface area contributed by atoms with E-state index in [1.54, 1.807) is 13.3 Å². The normalized spacial score (nSPS) is 12.6. The first kappa shape index (κ1) is 11.8. The lowest BCUT2D eigenvalue weighted by Crippen LogP contribution is -2.24. The summed E-state index contributed by atoms with van der Waals surface area (Å²) in [7, 11) is 1.56. The minimum atomic E-state index is -0.535. The van der Waals surface area contributed by atoms with E-state index in [-0.39, 0.29) is 0 Å². The molecule has 5 nitrogen and oxygen atoms in total. The second kappa shape index (κ2) is 5.56. The molecule has 1 unspecified atom stereocenters. The fraction of sp³-hybridized carbons (Fsp3) is 0.333. The highest BCUT2D eigenvalue weighted by molar-refractivity contribution is 5.90. The van der Waals surface area contributed by atoms with Crippen molar-refractivity contribution < 1.29 is 9.84 Å². The van der Waals surface area contributed by atoms with Crippen molar-refractivity contribution in [3.05, 3.63) is 30.5 Å². The van der Waals surface area contributed by atoms with Gasteiger partial charge in [0.05, 0.1) is 30.1 Å². The van der Waals surface area contributed by atoms with Gasteiger partial charge in [-0.05, 0) is 6.07 Å². The van der Waals surface area contributed by atoms with Crippen LogP contribution in [0.25, 0.3) is 10.9 Å². The molecule has 0 amide bonds. The third-order valence-electron chi connectivity index (χ3n) is 2.43. The van der Waals surface area contributed by atoms with E-state index in [4.69, 9.17) is 4.74 Å². The lowest BCUT2D eigenvalue weighted by atomic mass is 10.2. The summed E-state index contributed by atoms with van der Waals surface area (Å²) < 4.78 is 4.86. The molecule has 90 valence electrons. The van der Waals surface area contributed by atoms with Crippen LogP contribution in [0.3, 0.4) is 0 Å². The molecule has 0 aliphatic carbocycles. The van der Waals surface area contributed by atoms with Crippen LogP contribution in [0, 0.1) is 0 Å². The first-order valence-electron chi connectivity index (χ1n) is 5.42. The maximum atomic E-state index is 9.56. The van der Waals surface area contributed by atoms with E-state index < -0.39 is 6.10 Å². The Morgan fingerprint density at radius 3 is 3.06 bits per heavy atom. The van der Waals surface area contributed by atoms with Gasteiger partial charge in [-0.25, -0.2) is 0 Å². The number of aromatic nitrogens is 2. The molecular weight excluding hydrogens is 218 g/mol. The van der Waals surface area contributed by atoms with Gasteiger partial charge in [0, 0.05) is 19.0 Å². The Bertz CT molecular complexity index is 485. The fourth-order valence-corrected chi connectivity index (χ4v) is 1.63. The first-order chi connectivity index (χ1) is 8.31. The Balaban J connectivity index is 2.13. The number of nitrogens with zero attached hydrogens (tertiary/aromatic N) is 2. The highest BCUT2D eigenvalue weighted by Gasteiger charge is 2.05. The first-order valence-corrected chi connectivity index (χ1v) is 5.42. The predicted octanol–water partition coefficient (Wildman–Crippen LogP) is 1.05. The molecule has 0 bridgehead atoms. The summed E-state index contributed by atoms with van der Waals surface area (Å²) in [6, 6.07) is 7.73. The number of hydrogen-bond donors (Lipinski definition) is 2. The fourth-order valence-electron chi connectivity index (χ4n) is 1.63. The molecule has 2 aromatic rings. The third-order valence-corrected chi connectivity index (χ3v) is 2.43. The van der Waals surface area contributed by atoms with E-state index in [1.165, 1.54) is 0 Å². The van der Waals surface area contributed by atoms with Gasteiger partial charge < -0.3 is 15.2 Å². The number of aliphatic hydroxyl groups excluding tert-OH is 1. The van der Waals surface area contributed by atoms with Crippen LogP contribution in [0.15, 0.2) is 30.5 Å². The number of methoxy groups -OCH3 is 1. The molecule has 0 saturated heterocycles. The van der Waals surface area contributed by atoms with Gasteiger partial charge in [-0.15, -0.1) is 0 Å². The van der Waals surface area contributed by atoms with Gasteiger partial charge in [0.1, 0.15) is 0 Å². The van der Waals surface area contributed by atoms with E-state index in [1.807, 2.05) is 24.3 Å². The van der Waals surface area contributed by atoms with Crippen molar-refractivity contribution >= 4 is 16.6 Å². The molecule has 0 aliphatic rings. The van der Waals surface area contributed by atoms with Crippen molar-refractivity contribution in [2.75, 3.05) is 25.6 Å². The summed E-state index contributed by atoms with van der Waals surface area (Å²) in [4.78, 5) is 0. The molecule has 0 spiro atoms. The van der Waals surface area contributed by atoms with Crippen molar-refractivity contribution in [1.82, 2.24) is 10.2 Å². The van der Waals surface area contributed by atoms with E-state index >= 15 is 0 Å². The van der Waals surface area contributed by atoms with E-state index in [9.17, 15) is 5.11 Å². The van der Waals surface area contributed by atoms with Gasteiger partial charge in [0.15, 0.2) is 0 Å². The number of hydrogen-bond acceptors (Lipinski definition) is 5. The number of anilines is 1. The summed E-state index contributed by atoms with van der Waals surface area (Å²) in [6.07, 6.45) is 1.12. The van der Waals surface area contributed by atoms with Crippen LogP contribution >= 0.6 is 0 Å². The van der Waals surface area contributed by atoms with Crippen molar-refractivity contribution in [3.63, 3.8) is 0 Å². The van der Waals surface area contributed by atoms with Crippen LogP contribution in [-0.4, -0.2) is 41.7 Å². The number of rotatable bonds is 5. The molecule has 1 atom stereocenters. The van der Waals surface area contributed by atoms with Gasteiger partial charge in [-0.1, -0.05) is 18.2 Å². The minimum absolute atomic E-state index is 0.309. The van der Waals surface area contributed by atoms with Crippen molar-refractivity contribution in [3.8, 4) is 0 Å². The van der Waals surface area contributed by atoms with Crippen LogP contribution in [0.4, 0.5) is 5.69 Å². The quantitative estimate of drug-likeness (QED) is 0.808. The number of benzene rings is 1. The molecule has 0 fully saturated rings. The van der Waals surface area contributed by atoms with Crippen LogP contribution in [0.5, 0.6) is 0 Å². The van der Waals surface area contributed by atoms with Gasteiger partial charge >= 0.3 is 0 Å². The lowest BCUT2D eigenvalue weighted by Gasteiger charge is -2.12. The van der Waals surface area contributed by atoms with Crippen LogP contribution in [0.2, 0.25) is 0 Å². The Hall–Kier alpha value is -1.72. The third kappa shape index (κ3) is 2.89. The summed E-state index contributed by atoms with van der Waals surface area (Å²) in [5.74, 6) is 0. The molecule has 1 aromatic heterocycles. The zero-order chi connectivity index (χ0) is 12.1. The van der Waals surface area contributed by atoms with E-state index in [0.717, 1.165) is 16.6 Å². The van der Waals surface area contributed by atoms with Gasteiger partial charge in [-0.2, -0.15) is 10.2 Å². The zero-order valence-corrected chi connectivity index (χ0v) is 9.63. The molecule has 1 heterocycles. The maximum absolute atomic E-state index is 9.56. The average molecular weight is 233 g/mol. The molecule has 0 saturated carbocycles. The summed E-state index contributed by atoms with van der Waals surface area (Å²) in [6.45, 7) is 0.729. The zero-order valence-electron chi connectivity index (χ0n) is 9.63. The Morgan fingerprint density at radius 2 is 2.24 bits per heavy atom. The topological polar surface area (TPSA) is 67.3 Å². The number of fused-ring (bicyclic) bond motifs is 1. The molecule has 5 heteroatoms. The summed E-state index contributed by atoms with van der Waals surface area (Å²) >= 11 is 0. The van der Waals surface area contributed by atoms with Crippen molar-refractivity contribution in [1.29, 1.82) is 0 Å². The Morgan fingerprint density at radius 1 is 1.41 bits per heavy atom. The Kier molecular flexibility index (Phi) is 3.85. The van der Waals surface area contributed by atoms with Gasteiger partial charge in [-0.3, -0.25) is 0 Å². The monoisotopic (exact) mass is 233 g/mol. The SMILES string of the molecule is COCC(O)CNc1cnnc2ccccc12. The lowest BCUT2D eigenvalue weighted by molar-refractivity contribution is 0.0728.